The van der Waals surface area contributed by atoms with Crippen molar-refractivity contribution in [2.45, 2.75) is 23.3 Å². The number of halogens is 3. The predicted molar refractivity (Wildman–Crippen MR) is 56.7 cm³/mol. The maximum Gasteiger partial charge on any atom is 0.433 e. The molecule has 10 heteroatoms. The molecule has 0 saturated carbocycles. The highest BCUT2D eigenvalue weighted by Gasteiger charge is 2.33. The highest BCUT2D eigenvalue weighted by Crippen LogP contribution is 2.31. The molecule has 0 amide bonds. The topological polar surface area (TPSA) is 93.4 Å². The van der Waals surface area contributed by atoms with Gasteiger partial charge in [0.25, 0.3) is 0 Å². The molecule has 18 heavy (non-hydrogen) atoms. The average molecular weight is 276 g/mol. The Morgan fingerprint density at radius 2 is 2.00 bits per heavy atom. The third kappa shape index (κ3) is 2.88. The maximum atomic E-state index is 12.5. The molecule has 0 aliphatic carbocycles. The summed E-state index contributed by atoms with van der Waals surface area (Å²) in [4.78, 5) is 10.8. The van der Waals surface area contributed by atoms with E-state index in [4.69, 9.17) is 5.73 Å². The highest BCUT2D eigenvalue weighted by molar-refractivity contribution is 7.99. The van der Waals surface area contributed by atoms with E-state index in [0.29, 0.717) is 5.82 Å². The van der Waals surface area contributed by atoms with E-state index < -0.39 is 17.8 Å². The van der Waals surface area contributed by atoms with Gasteiger partial charge in [-0.3, -0.25) is 5.10 Å². The number of anilines is 1. The summed E-state index contributed by atoms with van der Waals surface area (Å²) in [7, 11) is 0. The third-order valence-electron chi connectivity index (χ3n) is 1.78. The molecule has 2 rings (SSSR count). The predicted octanol–water partition coefficient (Wildman–Crippen LogP) is 1.66. The molecule has 0 fully saturated rings. The number of H-pyrrole nitrogens is 1. The molecule has 2 aromatic rings. The zero-order valence-corrected chi connectivity index (χ0v) is 9.80. The third-order valence-corrected chi connectivity index (χ3v) is 2.57. The standard InChI is InChI=1S/C8H7F3N6S/c1-3-13-7(17-16-3)18-5-2-4(8(9,10)11)14-6(12)15-5/h2H,1H3,(H2,12,14,15)(H,13,16,17). The fraction of sp³-hybridized carbons (Fsp3) is 0.250. The molecule has 0 aliphatic heterocycles. The molecule has 0 aliphatic rings. The first-order chi connectivity index (χ1) is 8.34. The maximum absolute atomic E-state index is 12.5. The molecule has 0 aromatic carbocycles. The van der Waals surface area contributed by atoms with E-state index in [1.165, 1.54) is 0 Å². The molecular formula is C8H7F3N6S. The molecule has 0 saturated heterocycles. The Bertz CT molecular complexity index is 566. The molecule has 0 atom stereocenters. The van der Waals surface area contributed by atoms with Gasteiger partial charge < -0.3 is 5.73 Å². The molecule has 0 bridgehead atoms. The molecule has 3 N–H and O–H groups in total. The van der Waals surface area contributed by atoms with Crippen LogP contribution in [0.1, 0.15) is 11.5 Å². The van der Waals surface area contributed by atoms with Crippen molar-refractivity contribution in [3.8, 4) is 0 Å². The van der Waals surface area contributed by atoms with Gasteiger partial charge in [-0.15, -0.1) is 5.10 Å². The number of rotatable bonds is 2. The second-order valence-electron chi connectivity index (χ2n) is 3.25. The zero-order chi connectivity index (χ0) is 13.3. The molecule has 6 nitrogen and oxygen atoms in total. The van der Waals surface area contributed by atoms with Gasteiger partial charge in [0.2, 0.25) is 11.1 Å². The first kappa shape index (κ1) is 12.6. The molecule has 2 heterocycles. The van der Waals surface area contributed by atoms with E-state index in [2.05, 4.69) is 25.1 Å². The van der Waals surface area contributed by atoms with Crippen molar-refractivity contribution in [2.24, 2.45) is 0 Å². The number of aromatic nitrogens is 5. The van der Waals surface area contributed by atoms with Gasteiger partial charge in [-0.2, -0.15) is 13.2 Å². The molecule has 0 radical (unpaired) electrons. The Morgan fingerprint density at radius 3 is 2.56 bits per heavy atom. The molecule has 96 valence electrons. The minimum atomic E-state index is -4.57. The van der Waals surface area contributed by atoms with E-state index in [1.807, 2.05) is 0 Å². The van der Waals surface area contributed by atoms with Crippen LogP contribution in [0.5, 0.6) is 0 Å². The van der Waals surface area contributed by atoms with Crippen LogP contribution in [0.4, 0.5) is 19.1 Å². The first-order valence-electron chi connectivity index (χ1n) is 4.63. The van der Waals surface area contributed by atoms with E-state index in [0.717, 1.165) is 17.8 Å². The van der Waals surface area contributed by atoms with Crippen LogP contribution in [0.15, 0.2) is 16.2 Å². The van der Waals surface area contributed by atoms with E-state index in [9.17, 15) is 13.2 Å². The first-order valence-corrected chi connectivity index (χ1v) is 5.45. The second-order valence-corrected chi connectivity index (χ2v) is 4.24. The average Bonchev–Trinajstić information content (AvgIpc) is 2.61. The number of nitrogen functional groups attached to an aromatic ring is 1. The number of aryl methyl sites for hydroxylation is 1. The van der Waals surface area contributed by atoms with Crippen LogP contribution in [0.2, 0.25) is 0 Å². The number of nitrogens with one attached hydrogen (secondary N) is 1. The molecule has 2 aromatic heterocycles. The van der Waals surface area contributed by atoms with Crippen LogP contribution in [-0.4, -0.2) is 25.1 Å². The van der Waals surface area contributed by atoms with Gasteiger partial charge in [0, 0.05) is 6.07 Å². The monoisotopic (exact) mass is 276 g/mol. The Morgan fingerprint density at radius 1 is 1.28 bits per heavy atom. The number of hydrogen-bond acceptors (Lipinski definition) is 6. The van der Waals surface area contributed by atoms with Crippen molar-refractivity contribution in [1.82, 2.24) is 25.1 Å². The van der Waals surface area contributed by atoms with Gasteiger partial charge in [-0.05, 0) is 18.7 Å². The van der Waals surface area contributed by atoms with Crippen molar-refractivity contribution < 1.29 is 13.2 Å². The number of aromatic amines is 1. The Balaban J connectivity index is 2.31. The summed E-state index contributed by atoms with van der Waals surface area (Å²) in [5.74, 6) is 0.107. The summed E-state index contributed by atoms with van der Waals surface area (Å²) in [6.45, 7) is 1.67. The van der Waals surface area contributed by atoms with E-state index in [1.54, 1.807) is 6.92 Å². The number of alkyl halides is 3. The largest absolute Gasteiger partial charge is 0.433 e. The van der Waals surface area contributed by atoms with Gasteiger partial charge in [-0.1, -0.05) is 0 Å². The van der Waals surface area contributed by atoms with Gasteiger partial charge in [0.05, 0.1) is 0 Å². The van der Waals surface area contributed by atoms with Crippen LogP contribution in [0, 0.1) is 6.92 Å². The quantitative estimate of drug-likeness (QED) is 0.810. The zero-order valence-electron chi connectivity index (χ0n) is 8.99. The lowest BCUT2D eigenvalue weighted by Gasteiger charge is -2.07. The summed E-state index contributed by atoms with van der Waals surface area (Å²) < 4.78 is 37.5. The van der Waals surface area contributed by atoms with E-state index >= 15 is 0 Å². The summed E-state index contributed by atoms with van der Waals surface area (Å²) in [5, 5.41) is 6.65. The smallest absolute Gasteiger partial charge is 0.368 e. The van der Waals surface area contributed by atoms with Crippen molar-refractivity contribution in [1.29, 1.82) is 0 Å². The summed E-state index contributed by atoms with van der Waals surface area (Å²) in [6.07, 6.45) is -4.57. The van der Waals surface area contributed by atoms with Gasteiger partial charge in [0.15, 0.2) is 5.69 Å². The van der Waals surface area contributed by atoms with Crippen molar-refractivity contribution in [3.63, 3.8) is 0 Å². The van der Waals surface area contributed by atoms with Gasteiger partial charge in [0.1, 0.15) is 10.9 Å². The summed E-state index contributed by atoms with van der Waals surface area (Å²) in [6, 6.07) is 0.798. The highest BCUT2D eigenvalue weighted by atomic mass is 32.2. The van der Waals surface area contributed by atoms with Crippen LogP contribution in [0.3, 0.4) is 0 Å². The number of hydrogen-bond donors (Lipinski definition) is 2. The fourth-order valence-corrected chi connectivity index (χ4v) is 1.87. The van der Waals surface area contributed by atoms with Crippen molar-refractivity contribution >= 4 is 17.7 Å². The van der Waals surface area contributed by atoms with Gasteiger partial charge in [-0.25, -0.2) is 15.0 Å². The minimum Gasteiger partial charge on any atom is -0.368 e. The second kappa shape index (κ2) is 4.44. The Hall–Kier alpha value is -1.84. The summed E-state index contributed by atoms with van der Waals surface area (Å²) >= 11 is 0.868. The van der Waals surface area contributed by atoms with Crippen molar-refractivity contribution in [2.75, 3.05) is 5.73 Å². The van der Waals surface area contributed by atoms with Gasteiger partial charge >= 0.3 is 6.18 Å². The minimum absolute atomic E-state index is 0.0359. The lowest BCUT2D eigenvalue weighted by molar-refractivity contribution is -0.141. The van der Waals surface area contributed by atoms with Crippen LogP contribution < -0.4 is 5.73 Å². The van der Waals surface area contributed by atoms with Crippen LogP contribution in [-0.2, 0) is 6.18 Å². The van der Waals surface area contributed by atoms with E-state index in [-0.39, 0.29) is 10.2 Å². The lowest BCUT2D eigenvalue weighted by Crippen LogP contribution is -2.11. The van der Waals surface area contributed by atoms with Crippen LogP contribution in [0.25, 0.3) is 0 Å². The fourth-order valence-electron chi connectivity index (χ4n) is 1.10. The van der Waals surface area contributed by atoms with Crippen LogP contribution >= 0.6 is 11.8 Å². The Kier molecular flexibility index (Phi) is 3.11. The Labute approximate surface area is 103 Å². The molecular weight excluding hydrogens is 269 g/mol. The number of nitrogens with zero attached hydrogens (tertiary/aromatic N) is 4. The molecule has 0 unspecified atom stereocenters. The molecule has 0 spiro atoms. The SMILES string of the molecule is Cc1nc(Sc2cc(C(F)(F)F)nc(N)n2)n[nH]1. The lowest BCUT2D eigenvalue weighted by atomic mass is 10.4. The van der Waals surface area contributed by atoms with Crippen molar-refractivity contribution in [3.05, 3.63) is 17.6 Å². The normalized spacial score (nSPS) is 11.8. The number of nitrogens with two attached hydrogens (primary N) is 1. The summed E-state index contributed by atoms with van der Waals surface area (Å²) in [5.41, 5.74) is 4.14.